The fourth-order valence-electron chi connectivity index (χ4n) is 9.85. The lowest BCUT2D eigenvalue weighted by Gasteiger charge is -2.20. The molecule has 7 aromatic carbocycles. The molecule has 3 heterocycles. The molecular formula is C58H47NOS. The van der Waals surface area contributed by atoms with Gasteiger partial charge in [-0.3, -0.25) is 4.99 Å². The Bertz CT molecular complexity index is 3190. The molecule has 0 spiro atoms. The summed E-state index contributed by atoms with van der Waals surface area (Å²) in [6.45, 7) is 2.31. The van der Waals surface area contributed by atoms with Gasteiger partial charge in [0.2, 0.25) is 0 Å². The highest BCUT2D eigenvalue weighted by Crippen LogP contribution is 2.44. The first kappa shape index (κ1) is 37.4. The third-order valence-electron chi connectivity index (χ3n) is 13.0. The van der Waals surface area contributed by atoms with Crippen LogP contribution in [0.15, 0.2) is 197 Å². The van der Waals surface area contributed by atoms with Crippen LogP contribution in [0.25, 0.3) is 64.4 Å². The van der Waals surface area contributed by atoms with Crippen molar-refractivity contribution < 1.29 is 4.42 Å². The first-order chi connectivity index (χ1) is 30.2. The number of thiophene rings is 1. The van der Waals surface area contributed by atoms with E-state index >= 15 is 0 Å². The number of nitrogens with zero attached hydrogens (tertiary/aromatic N) is 1. The zero-order chi connectivity index (χ0) is 40.7. The van der Waals surface area contributed by atoms with Gasteiger partial charge in [0.1, 0.15) is 11.2 Å². The van der Waals surface area contributed by atoms with E-state index in [4.69, 9.17) is 9.41 Å². The van der Waals surface area contributed by atoms with Crippen molar-refractivity contribution in [2.24, 2.45) is 4.99 Å². The van der Waals surface area contributed by atoms with Crippen LogP contribution in [0.4, 0.5) is 0 Å². The van der Waals surface area contributed by atoms with Crippen molar-refractivity contribution in [2.75, 3.05) is 0 Å². The molecular weight excluding hydrogens is 759 g/mol. The number of hydrogen-bond acceptors (Lipinski definition) is 3. The van der Waals surface area contributed by atoms with Gasteiger partial charge in [0.05, 0.1) is 6.04 Å². The molecule has 1 aliphatic heterocycles. The number of fused-ring (bicyclic) bond motifs is 6. The van der Waals surface area contributed by atoms with Crippen molar-refractivity contribution in [1.82, 2.24) is 0 Å². The molecule has 11 rings (SSSR count). The number of hydrogen-bond donors (Lipinski definition) is 0. The molecule has 0 radical (unpaired) electrons. The molecule has 0 fully saturated rings. The molecule has 2 atom stereocenters. The van der Waals surface area contributed by atoms with Crippen LogP contribution in [0, 0.1) is 0 Å². The molecule has 0 amide bonds. The van der Waals surface area contributed by atoms with E-state index in [1.165, 1.54) is 81.2 Å². The van der Waals surface area contributed by atoms with Gasteiger partial charge in [-0.25, -0.2) is 0 Å². The number of para-hydroxylation sites is 1. The quantitative estimate of drug-likeness (QED) is 0.158. The zero-order valence-electron chi connectivity index (χ0n) is 34.5. The van der Waals surface area contributed by atoms with Gasteiger partial charge >= 0.3 is 0 Å². The summed E-state index contributed by atoms with van der Waals surface area (Å²) in [4.78, 5) is 5.83. The van der Waals surface area contributed by atoms with E-state index in [0.29, 0.717) is 0 Å². The second kappa shape index (κ2) is 16.1. The Labute approximate surface area is 361 Å². The van der Waals surface area contributed by atoms with Gasteiger partial charge in [0.25, 0.3) is 0 Å². The number of aliphatic imine (C=N–C) groups is 1. The Kier molecular flexibility index (Phi) is 9.91. The Morgan fingerprint density at radius 3 is 2.15 bits per heavy atom. The Hall–Kier alpha value is -6.55. The summed E-state index contributed by atoms with van der Waals surface area (Å²) in [5, 5.41) is 5.03. The molecule has 3 heteroatoms. The molecule has 0 saturated heterocycles. The molecule has 61 heavy (non-hydrogen) atoms. The molecule has 1 aliphatic carbocycles. The SMILES string of the molecule is CC/C1=C(/c2ccccc2)CCCC(c2cc(C3=CC(c4ccc5c(c4)sc4ccccc45)CC=C3)c3c(c2)oc2ccccc23)N=C(c2ccc(-c3ccccc3)cc2)C1. The summed E-state index contributed by atoms with van der Waals surface area (Å²) in [6.07, 6.45) is 13.0. The van der Waals surface area contributed by atoms with Crippen LogP contribution >= 0.6 is 11.3 Å². The van der Waals surface area contributed by atoms with E-state index in [2.05, 4.69) is 189 Å². The predicted octanol–water partition coefficient (Wildman–Crippen LogP) is 16.7. The molecule has 0 bridgehead atoms. The summed E-state index contributed by atoms with van der Waals surface area (Å²) in [6, 6.07) is 59.9. The lowest BCUT2D eigenvalue weighted by atomic mass is 9.85. The maximum Gasteiger partial charge on any atom is 0.136 e. The molecule has 2 nitrogen and oxygen atoms in total. The van der Waals surface area contributed by atoms with Crippen LogP contribution in [-0.4, -0.2) is 5.71 Å². The Balaban J connectivity index is 1.04. The van der Waals surface area contributed by atoms with Crippen LogP contribution in [0.5, 0.6) is 0 Å². The maximum atomic E-state index is 6.75. The van der Waals surface area contributed by atoms with Gasteiger partial charge in [0, 0.05) is 49.0 Å². The first-order valence-electron chi connectivity index (χ1n) is 21.9. The van der Waals surface area contributed by atoms with Gasteiger partial charge in [-0.15, -0.1) is 11.3 Å². The van der Waals surface area contributed by atoms with Crippen LogP contribution in [0.2, 0.25) is 0 Å². The topological polar surface area (TPSA) is 25.5 Å². The number of furan rings is 1. The fraction of sp³-hybridized carbons (Fsp3) is 0.155. The average molecular weight is 806 g/mol. The van der Waals surface area contributed by atoms with Crippen molar-refractivity contribution in [3.8, 4) is 11.1 Å². The zero-order valence-corrected chi connectivity index (χ0v) is 35.3. The van der Waals surface area contributed by atoms with Crippen molar-refractivity contribution in [3.05, 3.63) is 215 Å². The highest BCUT2D eigenvalue weighted by molar-refractivity contribution is 7.25. The van der Waals surface area contributed by atoms with Crippen molar-refractivity contribution in [3.63, 3.8) is 0 Å². The molecule has 2 unspecified atom stereocenters. The molecule has 2 aromatic heterocycles. The van der Waals surface area contributed by atoms with Crippen LogP contribution in [0.1, 0.15) is 85.2 Å². The lowest BCUT2D eigenvalue weighted by Crippen LogP contribution is -2.07. The predicted molar refractivity (Wildman–Crippen MR) is 261 cm³/mol. The van der Waals surface area contributed by atoms with Gasteiger partial charge in [-0.2, -0.15) is 0 Å². The molecule has 2 aliphatic rings. The van der Waals surface area contributed by atoms with Crippen molar-refractivity contribution >= 4 is 70.3 Å². The lowest BCUT2D eigenvalue weighted by molar-refractivity contribution is 0.620. The van der Waals surface area contributed by atoms with E-state index in [1.54, 1.807) is 0 Å². The van der Waals surface area contributed by atoms with Gasteiger partial charge in [-0.05, 0) is 113 Å². The van der Waals surface area contributed by atoms with E-state index in [1.807, 2.05) is 11.3 Å². The minimum absolute atomic E-state index is 0.0345. The van der Waals surface area contributed by atoms with Crippen LogP contribution in [-0.2, 0) is 0 Å². The normalized spacial score (nSPS) is 18.6. The highest BCUT2D eigenvalue weighted by Gasteiger charge is 2.24. The van der Waals surface area contributed by atoms with Crippen molar-refractivity contribution in [2.45, 2.75) is 57.4 Å². The summed E-state index contributed by atoms with van der Waals surface area (Å²) in [5.74, 6) is 0.273. The molecule has 296 valence electrons. The van der Waals surface area contributed by atoms with E-state index in [-0.39, 0.29) is 12.0 Å². The third-order valence-corrected chi connectivity index (χ3v) is 14.1. The van der Waals surface area contributed by atoms with Crippen LogP contribution < -0.4 is 0 Å². The maximum absolute atomic E-state index is 6.75. The van der Waals surface area contributed by atoms with Crippen molar-refractivity contribution in [1.29, 1.82) is 0 Å². The van der Waals surface area contributed by atoms with E-state index in [0.717, 1.165) is 60.8 Å². The van der Waals surface area contributed by atoms with Gasteiger partial charge < -0.3 is 4.42 Å². The smallest absolute Gasteiger partial charge is 0.136 e. The number of allylic oxidation sites excluding steroid dienone is 6. The Morgan fingerprint density at radius 1 is 0.623 bits per heavy atom. The van der Waals surface area contributed by atoms with Crippen LogP contribution in [0.3, 0.4) is 0 Å². The third kappa shape index (κ3) is 7.17. The van der Waals surface area contributed by atoms with Gasteiger partial charge in [0.15, 0.2) is 0 Å². The average Bonchev–Trinajstić information content (AvgIpc) is 3.92. The summed E-state index contributed by atoms with van der Waals surface area (Å²) in [7, 11) is 0. The number of rotatable bonds is 7. The van der Waals surface area contributed by atoms with Gasteiger partial charge in [-0.1, -0.05) is 164 Å². The summed E-state index contributed by atoms with van der Waals surface area (Å²) < 4.78 is 9.45. The van der Waals surface area contributed by atoms with E-state index in [9.17, 15) is 0 Å². The summed E-state index contributed by atoms with van der Waals surface area (Å²) >= 11 is 1.90. The standard InChI is InChI=1S/C58H47NOS/c1-2-38-35-53(42-29-27-40(28-30-42)39-15-5-3-6-16-39)59-52(24-14-23-47(38)41-17-7-4-8-18-41)46-34-51(58-50-22-9-11-25-54(50)60-55(58)36-46)45-20-13-19-43(33-45)44-31-32-49-48-21-10-12-26-56(48)61-57(49)37-44/h3-13,15-18,20-22,25-34,36-37,43,52H,2,14,19,23-24,35H2,1H3/b47-38-,59-53?. The van der Waals surface area contributed by atoms with E-state index < -0.39 is 0 Å². The largest absolute Gasteiger partial charge is 0.456 e. The second-order valence-electron chi connectivity index (χ2n) is 16.7. The molecule has 9 aromatic rings. The number of benzene rings is 7. The summed E-state index contributed by atoms with van der Waals surface area (Å²) in [5.41, 5.74) is 16.0. The molecule has 0 saturated carbocycles. The fourth-order valence-corrected chi connectivity index (χ4v) is 11.0. The highest BCUT2D eigenvalue weighted by atomic mass is 32.1. The minimum atomic E-state index is -0.0345. The minimum Gasteiger partial charge on any atom is -0.456 e. The monoisotopic (exact) mass is 805 g/mol. The Morgan fingerprint density at radius 2 is 1.33 bits per heavy atom. The molecule has 0 N–H and O–H groups in total. The second-order valence-corrected chi connectivity index (χ2v) is 17.7. The first-order valence-corrected chi connectivity index (χ1v) is 22.7.